The molecule has 86 valence electrons. The first-order chi connectivity index (χ1) is 6.93. The highest BCUT2D eigenvalue weighted by Gasteiger charge is 2.32. The SMILES string of the molecule is COC(=O)NC(=O)CN1CCC(C)(O)C1. The molecule has 1 heterocycles. The molecule has 0 saturated carbocycles. The maximum atomic E-state index is 11.2. The van der Waals surface area contributed by atoms with Crippen LogP contribution in [0.15, 0.2) is 0 Å². The van der Waals surface area contributed by atoms with Gasteiger partial charge in [-0.3, -0.25) is 15.0 Å². The number of carbonyl (C=O) groups excluding carboxylic acids is 2. The van der Waals surface area contributed by atoms with E-state index < -0.39 is 17.6 Å². The Morgan fingerprint density at radius 3 is 2.73 bits per heavy atom. The number of nitrogens with zero attached hydrogens (tertiary/aromatic N) is 1. The van der Waals surface area contributed by atoms with Crippen molar-refractivity contribution in [2.75, 3.05) is 26.7 Å². The van der Waals surface area contributed by atoms with Crippen molar-refractivity contribution in [1.29, 1.82) is 0 Å². The summed E-state index contributed by atoms with van der Waals surface area (Å²) in [6, 6.07) is 0. The van der Waals surface area contributed by atoms with Crippen molar-refractivity contribution in [2.24, 2.45) is 0 Å². The van der Waals surface area contributed by atoms with Crippen LogP contribution in [-0.2, 0) is 9.53 Å². The number of hydrogen-bond donors (Lipinski definition) is 2. The first kappa shape index (κ1) is 11.9. The van der Waals surface area contributed by atoms with Crippen molar-refractivity contribution < 1.29 is 19.4 Å². The number of alkyl carbamates (subject to hydrolysis) is 1. The minimum atomic E-state index is -0.758. The lowest BCUT2D eigenvalue weighted by molar-refractivity contribution is -0.121. The average molecular weight is 216 g/mol. The Morgan fingerprint density at radius 2 is 2.27 bits per heavy atom. The first-order valence-corrected chi connectivity index (χ1v) is 4.75. The minimum absolute atomic E-state index is 0.102. The van der Waals surface area contributed by atoms with Crippen molar-refractivity contribution in [3.63, 3.8) is 0 Å². The summed E-state index contributed by atoms with van der Waals surface area (Å²) in [6.07, 6.45) is -0.121. The van der Waals surface area contributed by atoms with Gasteiger partial charge in [-0.05, 0) is 13.3 Å². The number of ether oxygens (including phenoxy) is 1. The predicted octanol–water partition coefficient (Wildman–Crippen LogP) is -0.674. The van der Waals surface area contributed by atoms with Crippen LogP contribution in [0.2, 0.25) is 0 Å². The van der Waals surface area contributed by atoms with Crippen molar-refractivity contribution >= 4 is 12.0 Å². The quantitative estimate of drug-likeness (QED) is 0.639. The Morgan fingerprint density at radius 1 is 1.60 bits per heavy atom. The van der Waals surface area contributed by atoms with Gasteiger partial charge in [0.15, 0.2) is 0 Å². The lowest BCUT2D eigenvalue weighted by Crippen LogP contribution is -2.40. The van der Waals surface area contributed by atoms with Crippen LogP contribution < -0.4 is 5.32 Å². The molecule has 0 radical (unpaired) electrons. The Kier molecular flexibility index (Phi) is 3.65. The number of aliphatic hydroxyl groups is 1. The van der Waals surface area contributed by atoms with Gasteiger partial charge in [0, 0.05) is 13.1 Å². The molecule has 0 aliphatic carbocycles. The van der Waals surface area contributed by atoms with Gasteiger partial charge in [0.25, 0.3) is 0 Å². The zero-order valence-electron chi connectivity index (χ0n) is 8.95. The largest absolute Gasteiger partial charge is 0.453 e. The molecule has 15 heavy (non-hydrogen) atoms. The number of likely N-dealkylation sites (tertiary alicyclic amines) is 1. The third kappa shape index (κ3) is 3.85. The number of amides is 2. The molecule has 1 fully saturated rings. The maximum absolute atomic E-state index is 11.2. The fraction of sp³-hybridized carbons (Fsp3) is 0.778. The molecule has 6 nitrogen and oxygen atoms in total. The van der Waals surface area contributed by atoms with Crippen molar-refractivity contribution in [3.8, 4) is 0 Å². The van der Waals surface area contributed by atoms with E-state index in [1.807, 2.05) is 0 Å². The molecule has 2 N–H and O–H groups in total. The van der Waals surface area contributed by atoms with E-state index in [4.69, 9.17) is 0 Å². The number of β-amino-alcohol motifs (C(OH)–C–C–N with tert-alkyl or cyclic N) is 1. The minimum Gasteiger partial charge on any atom is -0.453 e. The predicted molar refractivity (Wildman–Crippen MR) is 52.2 cm³/mol. The van der Waals surface area contributed by atoms with E-state index in [0.29, 0.717) is 19.5 Å². The van der Waals surface area contributed by atoms with E-state index >= 15 is 0 Å². The third-order valence-electron chi connectivity index (χ3n) is 2.32. The highest BCUT2D eigenvalue weighted by atomic mass is 16.5. The monoisotopic (exact) mass is 216 g/mol. The second-order valence-electron chi connectivity index (χ2n) is 4.00. The van der Waals surface area contributed by atoms with Gasteiger partial charge in [-0.1, -0.05) is 0 Å². The van der Waals surface area contributed by atoms with Gasteiger partial charge in [0.2, 0.25) is 5.91 Å². The van der Waals surface area contributed by atoms with Crippen LogP contribution in [0.3, 0.4) is 0 Å². The molecule has 0 spiro atoms. The summed E-state index contributed by atoms with van der Waals surface area (Å²) in [5, 5.41) is 11.7. The molecule has 0 bridgehead atoms. The number of nitrogens with one attached hydrogen (secondary N) is 1. The van der Waals surface area contributed by atoms with E-state index in [1.54, 1.807) is 11.8 Å². The van der Waals surface area contributed by atoms with Gasteiger partial charge in [-0.15, -0.1) is 0 Å². The number of imide groups is 1. The van der Waals surface area contributed by atoms with Crippen molar-refractivity contribution in [2.45, 2.75) is 18.9 Å². The van der Waals surface area contributed by atoms with Gasteiger partial charge in [-0.25, -0.2) is 4.79 Å². The molecule has 0 aromatic heterocycles. The lowest BCUT2D eigenvalue weighted by Gasteiger charge is -2.17. The van der Waals surface area contributed by atoms with Crippen LogP contribution in [0.1, 0.15) is 13.3 Å². The third-order valence-corrected chi connectivity index (χ3v) is 2.32. The molecule has 2 amide bonds. The lowest BCUT2D eigenvalue weighted by atomic mass is 10.1. The number of rotatable bonds is 2. The fourth-order valence-electron chi connectivity index (χ4n) is 1.58. The summed E-state index contributed by atoms with van der Waals surface area (Å²) in [4.78, 5) is 23.7. The fourth-order valence-corrected chi connectivity index (χ4v) is 1.58. The van der Waals surface area contributed by atoms with Gasteiger partial charge < -0.3 is 9.84 Å². The smallest absolute Gasteiger partial charge is 0.413 e. The topological polar surface area (TPSA) is 78.9 Å². The Labute approximate surface area is 88.2 Å². The zero-order valence-corrected chi connectivity index (χ0v) is 8.95. The molecule has 0 aromatic carbocycles. The molecule has 1 rings (SSSR count). The van der Waals surface area contributed by atoms with E-state index in [-0.39, 0.29) is 6.54 Å². The maximum Gasteiger partial charge on any atom is 0.413 e. The van der Waals surface area contributed by atoms with Gasteiger partial charge in [0.05, 0.1) is 19.3 Å². The second-order valence-corrected chi connectivity index (χ2v) is 4.00. The summed E-state index contributed by atoms with van der Waals surface area (Å²) < 4.78 is 4.29. The molecule has 1 saturated heterocycles. The van der Waals surface area contributed by atoms with Crippen LogP contribution in [-0.4, -0.2) is 54.4 Å². The number of carbonyl (C=O) groups is 2. The average Bonchev–Trinajstić information content (AvgIpc) is 2.44. The molecular formula is C9H16N2O4. The van der Waals surface area contributed by atoms with E-state index in [9.17, 15) is 14.7 Å². The zero-order chi connectivity index (χ0) is 11.5. The molecule has 1 unspecified atom stereocenters. The molecule has 1 atom stereocenters. The van der Waals surface area contributed by atoms with Crippen LogP contribution in [0.5, 0.6) is 0 Å². The second kappa shape index (κ2) is 4.59. The van der Waals surface area contributed by atoms with E-state index in [0.717, 1.165) is 0 Å². The molecule has 1 aliphatic rings. The van der Waals surface area contributed by atoms with Crippen molar-refractivity contribution in [3.05, 3.63) is 0 Å². The normalized spacial score (nSPS) is 26.3. The summed E-state index contributed by atoms with van der Waals surface area (Å²) in [6.45, 7) is 2.93. The van der Waals surface area contributed by atoms with Crippen LogP contribution in [0.25, 0.3) is 0 Å². The van der Waals surface area contributed by atoms with Gasteiger partial charge >= 0.3 is 6.09 Å². The summed E-state index contributed by atoms with van der Waals surface area (Å²) in [5.74, 6) is -0.417. The van der Waals surface area contributed by atoms with Gasteiger partial charge in [-0.2, -0.15) is 0 Å². The first-order valence-electron chi connectivity index (χ1n) is 4.75. The number of hydrogen-bond acceptors (Lipinski definition) is 5. The Hall–Kier alpha value is -1.14. The van der Waals surface area contributed by atoms with E-state index in [1.165, 1.54) is 7.11 Å². The molecular weight excluding hydrogens is 200 g/mol. The number of methoxy groups -OCH3 is 1. The van der Waals surface area contributed by atoms with Crippen LogP contribution >= 0.6 is 0 Å². The van der Waals surface area contributed by atoms with Crippen LogP contribution in [0, 0.1) is 0 Å². The van der Waals surface area contributed by atoms with Crippen molar-refractivity contribution in [1.82, 2.24) is 10.2 Å². The standard InChI is InChI=1S/C9H16N2O4/c1-9(14)3-4-11(6-9)5-7(12)10-8(13)15-2/h14H,3-6H2,1-2H3,(H,10,12,13). The van der Waals surface area contributed by atoms with E-state index in [2.05, 4.69) is 10.1 Å². The summed E-state index contributed by atoms with van der Waals surface area (Å²) >= 11 is 0. The molecule has 6 heteroatoms. The summed E-state index contributed by atoms with van der Waals surface area (Å²) in [7, 11) is 1.20. The van der Waals surface area contributed by atoms with Crippen LogP contribution in [0.4, 0.5) is 4.79 Å². The van der Waals surface area contributed by atoms with Gasteiger partial charge in [0.1, 0.15) is 0 Å². The highest BCUT2D eigenvalue weighted by molar-refractivity contribution is 5.92. The Balaban J connectivity index is 2.31. The Bertz CT molecular complexity index is 265. The summed E-state index contributed by atoms with van der Waals surface area (Å²) in [5.41, 5.74) is -0.731. The highest BCUT2D eigenvalue weighted by Crippen LogP contribution is 2.19. The molecule has 0 aromatic rings. The molecule has 1 aliphatic heterocycles.